The van der Waals surface area contributed by atoms with Crippen molar-refractivity contribution in [1.82, 2.24) is 5.43 Å². The molecule has 0 saturated heterocycles. The van der Waals surface area contributed by atoms with Crippen LogP contribution in [0.5, 0.6) is 0 Å². The molecule has 0 unspecified atom stereocenters. The molecule has 0 atom stereocenters. The Hall–Kier alpha value is -3.15. The van der Waals surface area contributed by atoms with Crippen molar-refractivity contribution in [2.75, 3.05) is 5.32 Å². The third-order valence-corrected chi connectivity index (χ3v) is 4.59. The average Bonchev–Trinajstić information content (AvgIpc) is 2.70. The van der Waals surface area contributed by atoms with Gasteiger partial charge in [0.05, 0.1) is 11.2 Å². The van der Waals surface area contributed by atoms with Crippen LogP contribution in [0.1, 0.15) is 31.8 Å². The van der Waals surface area contributed by atoms with Gasteiger partial charge in [0.1, 0.15) is 0 Å². The van der Waals surface area contributed by atoms with Crippen LogP contribution in [0.3, 0.4) is 0 Å². The number of hydrogen-bond acceptors (Lipinski definition) is 3. The summed E-state index contributed by atoms with van der Waals surface area (Å²) in [4.78, 5) is 24.7. The number of hydrazone groups is 1. The van der Waals surface area contributed by atoms with E-state index in [4.69, 9.17) is 23.2 Å². The molecule has 0 radical (unpaired) electrons. The Morgan fingerprint density at radius 1 is 0.897 bits per heavy atom. The normalized spacial score (nSPS) is 10.7. The van der Waals surface area contributed by atoms with Crippen LogP contribution in [0, 0.1) is 6.92 Å². The number of benzene rings is 3. The molecule has 5 nitrogen and oxygen atoms in total. The Kier molecular flexibility index (Phi) is 6.65. The van der Waals surface area contributed by atoms with Crippen molar-refractivity contribution in [3.8, 4) is 0 Å². The zero-order chi connectivity index (χ0) is 20.8. The lowest BCUT2D eigenvalue weighted by molar-refractivity contribution is 0.0953. The number of halogens is 2. The number of carbonyl (C=O) groups is 2. The second-order valence-electron chi connectivity index (χ2n) is 6.27. The quantitative estimate of drug-likeness (QED) is 0.428. The molecule has 0 fully saturated rings. The Morgan fingerprint density at radius 2 is 1.66 bits per heavy atom. The molecule has 7 heteroatoms. The minimum atomic E-state index is -0.419. The first-order valence-electron chi connectivity index (χ1n) is 8.69. The van der Waals surface area contributed by atoms with Crippen molar-refractivity contribution >= 4 is 46.9 Å². The van der Waals surface area contributed by atoms with E-state index in [0.29, 0.717) is 32.4 Å². The van der Waals surface area contributed by atoms with E-state index in [-0.39, 0.29) is 5.91 Å². The summed E-state index contributed by atoms with van der Waals surface area (Å²) in [5, 5.41) is 7.64. The monoisotopic (exact) mass is 425 g/mol. The topological polar surface area (TPSA) is 70.6 Å². The molecule has 2 amide bonds. The van der Waals surface area contributed by atoms with Gasteiger partial charge in [-0.25, -0.2) is 5.43 Å². The first kappa shape index (κ1) is 20.6. The van der Waals surface area contributed by atoms with Gasteiger partial charge in [0.15, 0.2) is 0 Å². The van der Waals surface area contributed by atoms with Gasteiger partial charge in [0.2, 0.25) is 0 Å². The lowest BCUT2D eigenvalue weighted by atomic mass is 10.1. The van der Waals surface area contributed by atoms with E-state index in [0.717, 1.165) is 5.56 Å². The molecule has 0 aliphatic carbocycles. The van der Waals surface area contributed by atoms with Gasteiger partial charge in [-0.05, 0) is 49.4 Å². The number of anilines is 1. The van der Waals surface area contributed by atoms with E-state index in [1.165, 1.54) is 6.21 Å². The minimum Gasteiger partial charge on any atom is -0.322 e. The molecular weight excluding hydrogens is 409 g/mol. The maximum atomic E-state index is 12.3. The zero-order valence-electron chi connectivity index (χ0n) is 15.4. The third-order valence-electron chi connectivity index (χ3n) is 4.03. The van der Waals surface area contributed by atoms with Gasteiger partial charge in [-0.2, -0.15) is 5.10 Å². The Morgan fingerprint density at radius 3 is 2.38 bits per heavy atom. The van der Waals surface area contributed by atoms with E-state index in [1.54, 1.807) is 54.6 Å². The average molecular weight is 426 g/mol. The summed E-state index contributed by atoms with van der Waals surface area (Å²) in [6.07, 6.45) is 1.43. The summed E-state index contributed by atoms with van der Waals surface area (Å²) < 4.78 is 0. The first-order valence-corrected chi connectivity index (χ1v) is 9.44. The molecule has 3 rings (SSSR count). The molecule has 3 aromatic carbocycles. The Bertz CT molecular complexity index is 1080. The summed E-state index contributed by atoms with van der Waals surface area (Å²) in [6.45, 7) is 1.95. The Labute approximate surface area is 178 Å². The van der Waals surface area contributed by atoms with Crippen molar-refractivity contribution in [3.05, 3.63) is 99.0 Å². The summed E-state index contributed by atoms with van der Waals surface area (Å²) in [6, 6.07) is 18.8. The fourth-order valence-corrected chi connectivity index (χ4v) is 2.93. The molecule has 0 bridgehead atoms. The highest BCUT2D eigenvalue weighted by molar-refractivity contribution is 6.36. The van der Waals surface area contributed by atoms with E-state index in [2.05, 4.69) is 15.8 Å². The number of aryl methyl sites for hydroxylation is 1. The van der Waals surface area contributed by atoms with Crippen LogP contribution in [-0.2, 0) is 0 Å². The van der Waals surface area contributed by atoms with Crippen molar-refractivity contribution in [1.29, 1.82) is 0 Å². The molecule has 0 spiro atoms. The van der Waals surface area contributed by atoms with Crippen LogP contribution in [0.4, 0.5) is 5.69 Å². The predicted octanol–water partition coefficient (Wildman–Crippen LogP) is 5.32. The van der Waals surface area contributed by atoms with Gasteiger partial charge in [0.25, 0.3) is 11.8 Å². The minimum absolute atomic E-state index is 0.252. The summed E-state index contributed by atoms with van der Waals surface area (Å²) in [5.41, 5.74) is 5.52. The standard InChI is InChI=1S/C22H17Cl2N3O2/c1-14-5-7-15(8-6-14)21(28)26-19-4-2-3-16(11-19)22(29)27-25-13-17-9-10-18(23)12-20(17)24/h2-13H,1H3,(H,26,28)(H,27,29)/b25-13+. The number of nitrogens with one attached hydrogen (secondary N) is 2. The van der Waals surface area contributed by atoms with Gasteiger partial charge in [-0.1, -0.05) is 53.0 Å². The smallest absolute Gasteiger partial charge is 0.271 e. The lowest BCUT2D eigenvalue weighted by Crippen LogP contribution is -2.18. The van der Waals surface area contributed by atoms with Crippen molar-refractivity contribution in [3.63, 3.8) is 0 Å². The fraction of sp³-hybridized carbons (Fsp3) is 0.0455. The molecule has 29 heavy (non-hydrogen) atoms. The molecule has 0 heterocycles. The van der Waals surface area contributed by atoms with Gasteiger partial charge in [0, 0.05) is 27.4 Å². The lowest BCUT2D eigenvalue weighted by Gasteiger charge is -2.07. The van der Waals surface area contributed by atoms with Gasteiger partial charge < -0.3 is 5.32 Å². The van der Waals surface area contributed by atoms with Gasteiger partial charge in [-0.3, -0.25) is 9.59 Å². The van der Waals surface area contributed by atoms with Crippen LogP contribution in [-0.4, -0.2) is 18.0 Å². The second-order valence-corrected chi connectivity index (χ2v) is 7.11. The van der Waals surface area contributed by atoms with Gasteiger partial charge in [-0.15, -0.1) is 0 Å². The maximum absolute atomic E-state index is 12.3. The number of rotatable bonds is 5. The zero-order valence-corrected chi connectivity index (χ0v) is 17.0. The largest absolute Gasteiger partial charge is 0.322 e. The van der Waals surface area contributed by atoms with Crippen molar-refractivity contribution < 1.29 is 9.59 Å². The van der Waals surface area contributed by atoms with E-state index >= 15 is 0 Å². The number of hydrogen-bond donors (Lipinski definition) is 2. The summed E-state index contributed by atoms with van der Waals surface area (Å²) in [7, 11) is 0. The Balaban J connectivity index is 1.65. The number of carbonyl (C=O) groups excluding carboxylic acids is 2. The molecular formula is C22H17Cl2N3O2. The van der Waals surface area contributed by atoms with Crippen molar-refractivity contribution in [2.24, 2.45) is 5.10 Å². The van der Waals surface area contributed by atoms with E-state index < -0.39 is 5.91 Å². The van der Waals surface area contributed by atoms with E-state index in [1.807, 2.05) is 19.1 Å². The number of amides is 2. The molecule has 2 N–H and O–H groups in total. The molecule has 0 aliphatic heterocycles. The first-order chi connectivity index (χ1) is 13.9. The van der Waals surface area contributed by atoms with Crippen LogP contribution in [0.15, 0.2) is 71.8 Å². The van der Waals surface area contributed by atoms with Crippen LogP contribution in [0.2, 0.25) is 10.0 Å². The molecule has 146 valence electrons. The third kappa shape index (κ3) is 5.67. The van der Waals surface area contributed by atoms with Crippen LogP contribution < -0.4 is 10.7 Å². The highest BCUT2D eigenvalue weighted by atomic mass is 35.5. The highest BCUT2D eigenvalue weighted by Crippen LogP contribution is 2.19. The number of nitrogens with zero attached hydrogens (tertiary/aromatic N) is 1. The highest BCUT2D eigenvalue weighted by Gasteiger charge is 2.09. The van der Waals surface area contributed by atoms with Crippen LogP contribution in [0.25, 0.3) is 0 Å². The molecule has 3 aromatic rings. The second kappa shape index (κ2) is 9.37. The summed E-state index contributed by atoms with van der Waals surface area (Å²) >= 11 is 11.9. The molecule has 0 aromatic heterocycles. The van der Waals surface area contributed by atoms with E-state index in [9.17, 15) is 9.59 Å². The van der Waals surface area contributed by atoms with Crippen LogP contribution >= 0.6 is 23.2 Å². The molecule has 0 aliphatic rings. The fourth-order valence-electron chi connectivity index (χ4n) is 2.48. The summed E-state index contributed by atoms with van der Waals surface area (Å²) in [5.74, 6) is -0.671. The van der Waals surface area contributed by atoms with Gasteiger partial charge >= 0.3 is 0 Å². The SMILES string of the molecule is Cc1ccc(C(=O)Nc2cccc(C(=O)N/N=C/c3ccc(Cl)cc3Cl)c2)cc1. The molecule has 0 saturated carbocycles. The predicted molar refractivity (Wildman–Crippen MR) is 117 cm³/mol. The van der Waals surface area contributed by atoms with Crippen molar-refractivity contribution in [2.45, 2.75) is 6.92 Å². The maximum Gasteiger partial charge on any atom is 0.271 e.